The summed E-state index contributed by atoms with van der Waals surface area (Å²) in [6, 6.07) is 6.45. The van der Waals surface area contributed by atoms with Gasteiger partial charge in [0, 0.05) is 44.5 Å². The zero-order valence-corrected chi connectivity index (χ0v) is 17.7. The van der Waals surface area contributed by atoms with E-state index in [2.05, 4.69) is 20.6 Å². The third kappa shape index (κ3) is 6.44. The minimum Gasteiger partial charge on any atom is -0.352 e. The molecule has 156 valence electrons. The van der Waals surface area contributed by atoms with Gasteiger partial charge in [-0.15, -0.1) is 24.8 Å². The average molecular weight is 432 g/mol. The quantitative estimate of drug-likeness (QED) is 0.736. The first-order valence-corrected chi connectivity index (χ1v) is 8.98. The third-order valence-electron chi connectivity index (χ3n) is 4.86. The first kappa shape index (κ1) is 24.4. The molecule has 1 aromatic heterocycles. The van der Waals surface area contributed by atoms with Crippen molar-refractivity contribution >= 4 is 30.7 Å². The van der Waals surface area contributed by atoms with Crippen molar-refractivity contribution in [3.8, 4) is 0 Å². The van der Waals surface area contributed by atoms with Crippen LogP contribution in [0.1, 0.15) is 30.0 Å². The van der Waals surface area contributed by atoms with E-state index >= 15 is 0 Å². The number of rotatable bonds is 6. The van der Waals surface area contributed by atoms with Crippen LogP contribution in [0.5, 0.6) is 0 Å². The van der Waals surface area contributed by atoms with Crippen molar-refractivity contribution < 1.29 is 9.18 Å². The van der Waals surface area contributed by atoms with Crippen molar-refractivity contribution in [1.29, 1.82) is 0 Å². The fourth-order valence-electron chi connectivity index (χ4n) is 3.41. The summed E-state index contributed by atoms with van der Waals surface area (Å²) < 4.78 is 14.7. The largest absolute Gasteiger partial charge is 0.352 e. The zero-order chi connectivity index (χ0) is 18.5. The maximum Gasteiger partial charge on any atom is 0.242 e. The van der Waals surface area contributed by atoms with Gasteiger partial charge in [0.25, 0.3) is 0 Å². The molecule has 3 rings (SSSR count). The van der Waals surface area contributed by atoms with E-state index in [0.717, 1.165) is 43.6 Å². The van der Waals surface area contributed by atoms with E-state index in [9.17, 15) is 9.18 Å². The van der Waals surface area contributed by atoms with E-state index in [1.54, 1.807) is 17.9 Å². The molecule has 0 bridgehead atoms. The highest BCUT2D eigenvalue weighted by Gasteiger charge is 2.25. The Morgan fingerprint density at radius 1 is 1.25 bits per heavy atom. The van der Waals surface area contributed by atoms with Crippen molar-refractivity contribution in [3.05, 3.63) is 53.6 Å². The standard InChI is InChI=1S/C19H26FN5O.2ClH/c1-21-18(15-11-22-24(2)13-15)19(26)23-17-7-9-25(10-8-17)12-14-3-5-16(20)6-4-14;;/h3-6,11,13,17-18,21H,7-10,12H2,1-2H3,(H,23,26);2*1H. The molecular formula is C19H28Cl2FN5O. The van der Waals surface area contributed by atoms with Crippen LogP contribution in [0.25, 0.3) is 0 Å². The van der Waals surface area contributed by atoms with Gasteiger partial charge < -0.3 is 10.6 Å². The van der Waals surface area contributed by atoms with Gasteiger partial charge in [0.1, 0.15) is 11.9 Å². The van der Waals surface area contributed by atoms with Crippen LogP contribution in [0.3, 0.4) is 0 Å². The van der Waals surface area contributed by atoms with Crippen LogP contribution in [0.15, 0.2) is 36.7 Å². The van der Waals surface area contributed by atoms with Crippen LogP contribution >= 0.6 is 24.8 Å². The Morgan fingerprint density at radius 3 is 2.43 bits per heavy atom. The van der Waals surface area contributed by atoms with E-state index < -0.39 is 0 Å². The zero-order valence-electron chi connectivity index (χ0n) is 16.1. The molecule has 1 aliphatic heterocycles. The highest BCUT2D eigenvalue weighted by Crippen LogP contribution is 2.17. The molecular weight excluding hydrogens is 404 g/mol. The number of nitrogens with one attached hydrogen (secondary N) is 2. The Morgan fingerprint density at radius 2 is 1.89 bits per heavy atom. The molecule has 28 heavy (non-hydrogen) atoms. The summed E-state index contributed by atoms with van der Waals surface area (Å²) in [5, 5.41) is 10.4. The summed E-state index contributed by atoms with van der Waals surface area (Å²) in [6.07, 6.45) is 5.39. The Kier molecular flexibility index (Phi) is 9.89. The Bertz CT molecular complexity index is 732. The fourth-order valence-corrected chi connectivity index (χ4v) is 3.41. The molecule has 1 atom stereocenters. The highest BCUT2D eigenvalue weighted by atomic mass is 35.5. The molecule has 0 saturated carbocycles. The van der Waals surface area contributed by atoms with Crippen LogP contribution in [0.2, 0.25) is 0 Å². The second kappa shape index (κ2) is 11.4. The Labute approximate surface area is 177 Å². The number of hydrogen-bond donors (Lipinski definition) is 2. The van der Waals surface area contributed by atoms with E-state index in [0.29, 0.717) is 0 Å². The van der Waals surface area contributed by atoms with Crippen LogP contribution in [-0.2, 0) is 18.4 Å². The van der Waals surface area contributed by atoms with Crippen LogP contribution in [0.4, 0.5) is 4.39 Å². The summed E-state index contributed by atoms with van der Waals surface area (Å²) in [5.41, 5.74) is 1.97. The first-order valence-electron chi connectivity index (χ1n) is 8.98. The number of aromatic nitrogens is 2. The van der Waals surface area contributed by atoms with Crippen molar-refractivity contribution in [2.45, 2.75) is 31.5 Å². The highest BCUT2D eigenvalue weighted by molar-refractivity contribution is 5.85. The Hall–Kier alpha value is -1.67. The molecule has 0 aliphatic carbocycles. The normalized spacial score (nSPS) is 16.0. The van der Waals surface area contributed by atoms with E-state index in [1.807, 2.05) is 25.4 Å². The third-order valence-corrected chi connectivity index (χ3v) is 4.86. The maximum absolute atomic E-state index is 13.0. The van der Waals surface area contributed by atoms with E-state index in [1.165, 1.54) is 12.1 Å². The number of hydrogen-bond acceptors (Lipinski definition) is 4. The summed E-state index contributed by atoms with van der Waals surface area (Å²) in [5.74, 6) is -0.222. The van der Waals surface area contributed by atoms with Gasteiger partial charge in [0.15, 0.2) is 0 Å². The SMILES string of the molecule is CNC(C(=O)NC1CCN(Cc2ccc(F)cc2)CC1)c1cnn(C)c1.Cl.Cl. The number of amides is 1. The lowest BCUT2D eigenvalue weighted by Crippen LogP contribution is -2.47. The van der Waals surface area contributed by atoms with Gasteiger partial charge in [-0.1, -0.05) is 12.1 Å². The monoisotopic (exact) mass is 431 g/mol. The lowest BCUT2D eigenvalue weighted by atomic mass is 10.0. The minimum absolute atomic E-state index is 0. The van der Waals surface area contributed by atoms with Gasteiger partial charge in [-0.2, -0.15) is 5.10 Å². The maximum atomic E-state index is 13.0. The molecule has 1 aromatic carbocycles. The molecule has 2 aromatic rings. The second-order valence-electron chi connectivity index (χ2n) is 6.85. The minimum atomic E-state index is -0.388. The molecule has 9 heteroatoms. The molecule has 2 N–H and O–H groups in total. The number of aryl methyl sites for hydroxylation is 1. The van der Waals surface area contributed by atoms with Crippen LogP contribution in [-0.4, -0.2) is 46.8 Å². The first-order chi connectivity index (χ1) is 12.5. The Balaban J connectivity index is 0.00000196. The van der Waals surface area contributed by atoms with Crippen molar-refractivity contribution in [1.82, 2.24) is 25.3 Å². The van der Waals surface area contributed by atoms with Crippen molar-refractivity contribution in [3.63, 3.8) is 0 Å². The number of carbonyl (C=O) groups excluding carboxylic acids is 1. The van der Waals surface area contributed by atoms with Crippen LogP contribution < -0.4 is 10.6 Å². The van der Waals surface area contributed by atoms with Crippen LogP contribution in [0, 0.1) is 5.82 Å². The average Bonchev–Trinajstić information content (AvgIpc) is 3.05. The summed E-state index contributed by atoms with van der Waals surface area (Å²) in [6.45, 7) is 2.65. The molecule has 1 amide bonds. The van der Waals surface area contributed by atoms with Crippen molar-refractivity contribution in [2.24, 2.45) is 7.05 Å². The molecule has 0 spiro atoms. The second-order valence-corrected chi connectivity index (χ2v) is 6.85. The van der Waals surface area contributed by atoms with Gasteiger partial charge in [-0.25, -0.2) is 4.39 Å². The summed E-state index contributed by atoms with van der Waals surface area (Å²) in [4.78, 5) is 14.9. The molecule has 1 saturated heterocycles. The fraction of sp³-hybridized carbons (Fsp3) is 0.474. The number of carbonyl (C=O) groups is 1. The number of benzene rings is 1. The van der Waals surface area contributed by atoms with Gasteiger partial charge in [0.05, 0.1) is 6.20 Å². The molecule has 1 fully saturated rings. The van der Waals surface area contributed by atoms with Gasteiger partial charge >= 0.3 is 0 Å². The number of likely N-dealkylation sites (tertiary alicyclic amines) is 1. The molecule has 1 aliphatic rings. The molecule has 6 nitrogen and oxygen atoms in total. The van der Waals surface area contributed by atoms with Gasteiger partial charge in [-0.3, -0.25) is 14.4 Å². The summed E-state index contributed by atoms with van der Waals surface area (Å²) >= 11 is 0. The topological polar surface area (TPSA) is 62.2 Å². The molecule has 1 unspecified atom stereocenters. The van der Waals surface area contributed by atoms with E-state index in [4.69, 9.17) is 0 Å². The van der Waals surface area contributed by atoms with Gasteiger partial charge in [0.2, 0.25) is 5.91 Å². The lowest BCUT2D eigenvalue weighted by Gasteiger charge is -2.33. The smallest absolute Gasteiger partial charge is 0.242 e. The van der Waals surface area contributed by atoms with Crippen molar-refractivity contribution in [2.75, 3.05) is 20.1 Å². The predicted octanol–water partition coefficient (Wildman–Crippen LogP) is 2.44. The number of halogens is 3. The molecule has 0 radical (unpaired) electrons. The number of piperidine rings is 1. The predicted molar refractivity (Wildman–Crippen MR) is 112 cm³/mol. The lowest BCUT2D eigenvalue weighted by molar-refractivity contribution is -0.124. The molecule has 2 heterocycles. The van der Waals surface area contributed by atoms with Gasteiger partial charge in [-0.05, 0) is 37.6 Å². The number of likely N-dealkylation sites (N-methyl/N-ethyl adjacent to an activating group) is 1. The number of nitrogens with zero attached hydrogens (tertiary/aromatic N) is 3. The summed E-state index contributed by atoms with van der Waals surface area (Å²) in [7, 11) is 3.62. The van der Waals surface area contributed by atoms with E-state index in [-0.39, 0.29) is 48.6 Å².